The Balaban J connectivity index is 1.67. The van der Waals surface area contributed by atoms with Gasteiger partial charge in [0, 0.05) is 29.7 Å². The number of rotatable bonds is 3. The Labute approximate surface area is 137 Å². The molecule has 1 aliphatic heterocycles. The second-order valence-electron chi connectivity index (χ2n) is 5.77. The number of likely N-dealkylation sites (tertiary alicyclic amines) is 1. The molecule has 0 aliphatic carbocycles. The first-order chi connectivity index (χ1) is 10.6. The molecule has 1 aliphatic rings. The van der Waals surface area contributed by atoms with E-state index in [2.05, 4.69) is 19.4 Å². The van der Waals surface area contributed by atoms with Gasteiger partial charge in [0.1, 0.15) is 5.76 Å². The highest BCUT2D eigenvalue weighted by molar-refractivity contribution is 7.15. The van der Waals surface area contributed by atoms with Crippen LogP contribution in [0.1, 0.15) is 41.6 Å². The number of hydrogen-bond acceptors (Lipinski definition) is 5. The molecule has 3 aromatic rings. The second kappa shape index (κ2) is 5.37. The summed E-state index contributed by atoms with van der Waals surface area (Å²) in [6, 6.07) is 0.353. The maximum atomic E-state index is 6.34. The number of hydrogen-bond donors (Lipinski definition) is 0. The highest BCUT2D eigenvalue weighted by atomic mass is 35.5. The van der Waals surface area contributed by atoms with Crippen LogP contribution in [-0.4, -0.2) is 26.0 Å². The van der Waals surface area contributed by atoms with E-state index in [9.17, 15) is 0 Å². The smallest absolute Gasteiger partial charge is 0.195 e. The van der Waals surface area contributed by atoms with Crippen molar-refractivity contribution in [3.63, 3.8) is 0 Å². The van der Waals surface area contributed by atoms with Gasteiger partial charge in [-0.3, -0.25) is 9.30 Å². The Hall–Kier alpha value is -1.37. The highest BCUT2D eigenvalue weighted by Crippen LogP contribution is 2.37. The minimum atomic E-state index is 0.353. The molecule has 0 spiro atoms. The molecule has 116 valence electrons. The summed E-state index contributed by atoms with van der Waals surface area (Å²) in [5.41, 5.74) is 3.30. The third kappa shape index (κ3) is 2.17. The van der Waals surface area contributed by atoms with E-state index in [0.29, 0.717) is 11.2 Å². The number of halogens is 1. The van der Waals surface area contributed by atoms with E-state index >= 15 is 0 Å². The van der Waals surface area contributed by atoms with Crippen LogP contribution in [-0.2, 0) is 6.54 Å². The molecule has 1 saturated heterocycles. The van der Waals surface area contributed by atoms with E-state index in [4.69, 9.17) is 16.1 Å². The molecule has 5 nitrogen and oxygen atoms in total. The second-order valence-corrected chi connectivity index (χ2v) is 7.00. The molecule has 0 saturated carbocycles. The Kier molecular flexibility index (Phi) is 3.47. The van der Waals surface area contributed by atoms with Crippen LogP contribution in [0.5, 0.6) is 0 Å². The molecule has 1 unspecified atom stereocenters. The van der Waals surface area contributed by atoms with Crippen LogP contribution >= 0.6 is 22.9 Å². The predicted octanol–water partition coefficient (Wildman–Crippen LogP) is 3.99. The lowest BCUT2D eigenvalue weighted by Gasteiger charge is -2.24. The minimum absolute atomic E-state index is 0.353. The SMILES string of the molecule is Cc1noc(C)c1C1CCCN1Cc1c(Cl)nc2sccn12. The van der Waals surface area contributed by atoms with Crippen molar-refractivity contribution in [2.45, 2.75) is 39.3 Å². The average Bonchev–Trinajstić information content (AvgIpc) is 3.21. The van der Waals surface area contributed by atoms with Crippen molar-refractivity contribution in [2.24, 2.45) is 0 Å². The van der Waals surface area contributed by atoms with Gasteiger partial charge >= 0.3 is 0 Å². The fourth-order valence-electron chi connectivity index (χ4n) is 3.45. The van der Waals surface area contributed by atoms with Crippen LogP contribution in [0.4, 0.5) is 0 Å². The zero-order chi connectivity index (χ0) is 15.3. The molecule has 22 heavy (non-hydrogen) atoms. The molecule has 0 N–H and O–H groups in total. The first kappa shape index (κ1) is 14.2. The van der Waals surface area contributed by atoms with Gasteiger partial charge in [-0.15, -0.1) is 11.3 Å². The monoisotopic (exact) mass is 336 g/mol. The van der Waals surface area contributed by atoms with Gasteiger partial charge in [0.25, 0.3) is 0 Å². The van der Waals surface area contributed by atoms with Crippen LogP contribution < -0.4 is 0 Å². The summed E-state index contributed by atoms with van der Waals surface area (Å²) in [4.78, 5) is 7.84. The summed E-state index contributed by atoms with van der Waals surface area (Å²) in [6.07, 6.45) is 4.35. The van der Waals surface area contributed by atoms with Gasteiger partial charge in [0.15, 0.2) is 10.1 Å². The van der Waals surface area contributed by atoms with Crippen molar-refractivity contribution in [3.8, 4) is 0 Å². The Morgan fingerprint density at radius 2 is 2.32 bits per heavy atom. The van der Waals surface area contributed by atoms with E-state index in [1.807, 2.05) is 25.4 Å². The number of nitrogens with zero attached hydrogens (tertiary/aromatic N) is 4. The Morgan fingerprint density at radius 3 is 3.09 bits per heavy atom. The predicted molar refractivity (Wildman–Crippen MR) is 86.4 cm³/mol. The van der Waals surface area contributed by atoms with Crippen molar-refractivity contribution in [3.05, 3.63) is 39.4 Å². The molecule has 3 aromatic heterocycles. The molecule has 4 rings (SSSR count). The first-order valence-electron chi connectivity index (χ1n) is 7.42. The summed E-state index contributed by atoms with van der Waals surface area (Å²) in [7, 11) is 0. The van der Waals surface area contributed by atoms with E-state index in [1.54, 1.807) is 11.3 Å². The normalized spacial score (nSPS) is 19.5. The first-order valence-corrected chi connectivity index (χ1v) is 8.67. The van der Waals surface area contributed by atoms with Crippen molar-refractivity contribution >= 4 is 27.9 Å². The van der Waals surface area contributed by atoms with Crippen molar-refractivity contribution in [1.82, 2.24) is 19.4 Å². The van der Waals surface area contributed by atoms with Crippen molar-refractivity contribution in [1.29, 1.82) is 0 Å². The maximum absolute atomic E-state index is 6.34. The quantitative estimate of drug-likeness (QED) is 0.725. The molecule has 1 fully saturated rings. The van der Waals surface area contributed by atoms with Crippen molar-refractivity contribution < 1.29 is 4.52 Å². The van der Waals surface area contributed by atoms with E-state index in [1.165, 1.54) is 12.0 Å². The van der Waals surface area contributed by atoms with Crippen LogP contribution in [0.25, 0.3) is 4.96 Å². The van der Waals surface area contributed by atoms with Crippen LogP contribution in [0, 0.1) is 13.8 Å². The van der Waals surface area contributed by atoms with E-state index in [-0.39, 0.29) is 0 Å². The maximum Gasteiger partial charge on any atom is 0.195 e. The van der Waals surface area contributed by atoms with Gasteiger partial charge in [-0.1, -0.05) is 16.8 Å². The number of aromatic nitrogens is 3. The summed E-state index contributed by atoms with van der Waals surface area (Å²) < 4.78 is 7.45. The molecular weight excluding hydrogens is 320 g/mol. The summed E-state index contributed by atoms with van der Waals surface area (Å²) >= 11 is 7.95. The fourth-order valence-corrected chi connectivity index (χ4v) is 4.46. The molecular formula is C15H17ClN4OS. The van der Waals surface area contributed by atoms with Gasteiger partial charge in [-0.05, 0) is 33.2 Å². The topological polar surface area (TPSA) is 46.6 Å². The molecule has 0 amide bonds. The average molecular weight is 337 g/mol. The zero-order valence-electron chi connectivity index (χ0n) is 12.5. The minimum Gasteiger partial charge on any atom is -0.361 e. The zero-order valence-corrected chi connectivity index (χ0v) is 14.1. The molecule has 7 heteroatoms. The molecule has 1 atom stereocenters. The summed E-state index contributed by atoms with van der Waals surface area (Å²) in [6.45, 7) is 5.87. The lowest BCUT2D eigenvalue weighted by Crippen LogP contribution is -2.24. The standard InChI is InChI=1S/C15H17ClN4OS/c1-9-13(10(2)21-18-9)11-4-3-5-19(11)8-12-14(16)17-15-20(12)6-7-22-15/h6-7,11H,3-5,8H2,1-2H3. The number of thiazole rings is 1. The highest BCUT2D eigenvalue weighted by Gasteiger charge is 2.31. The van der Waals surface area contributed by atoms with Crippen LogP contribution in [0.15, 0.2) is 16.1 Å². The van der Waals surface area contributed by atoms with Crippen molar-refractivity contribution in [2.75, 3.05) is 6.54 Å². The van der Waals surface area contributed by atoms with Gasteiger partial charge in [0.2, 0.25) is 0 Å². The molecule has 0 bridgehead atoms. The lowest BCUT2D eigenvalue weighted by atomic mass is 10.0. The number of aryl methyl sites for hydroxylation is 2. The molecule has 0 aromatic carbocycles. The molecule has 0 radical (unpaired) electrons. The van der Waals surface area contributed by atoms with Crippen LogP contribution in [0.3, 0.4) is 0 Å². The van der Waals surface area contributed by atoms with Crippen LogP contribution in [0.2, 0.25) is 5.15 Å². The Morgan fingerprint density at radius 1 is 1.45 bits per heavy atom. The third-order valence-corrected chi connectivity index (χ3v) is 5.51. The summed E-state index contributed by atoms with van der Waals surface area (Å²) in [5, 5.41) is 6.76. The fraction of sp³-hybridized carbons (Fsp3) is 0.467. The summed E-state index contributed by atoms with van der Waals surface area (Å²) in [5.74, 6) is 0.925. The lowest BCUT2D eigenvalue weighted by molar-refractivity contribution is 0.242. The van der Waals surface area contributed by atoms with E-state index in [0.717, 1.165) is 41.6 Å². The van der Waals surface area contributed by atoms with E-state index < -0.39 is 0 Å². The Bertz CT molecular complexity index is 801. The third-order valence-electron chi connectivity index (χ3n) is 4.45. The van der Waals surface area contributed by atoms with Gasteiger partial charge in [0.05, 0.1) is 11.4 Å². The van der Waals surface area contributed by atoms with Gasteiger partial charge < -0.3 is 4.52 Å². The van der Waals surface area contributed by atoms with Gasteiger partial charge in [-0.25, -0.2) is 4.98 Å². The number of imidazole rings is 1. The molecule has 4 heterocycles. The number of fused-ring (bicyclic) bond motifs is 1. The van der Waals surface area contributed by atoms with Gasteiger partial charge in [-0.2, -0.15) is 0 Å². The largest absolute Gasteiger partial charge is 0.361 e.